The third kappa shape index (κ3) is 8.93. The average Bonchev–Trinajstić information content (AvgIpc) is 3.60. The van der Waals surface area contributed by atoms with Gasteiger partial charge in [0.25, 0.3) is 0 Å². The fourth-order valence-corrected chi connectivity index (χ4v) is 6.13. The molecule has 3 aromatic carbocycles. The van der Waals surface area contributed by atoms with Crippen LogP contribution >= 0.6 is 0 Å². The molecule has 13 nitrogen and oxygen atoms in total. The van der Waals surface area contributed by atoms with Gasteiger partial charge < -0.3 is 24.3 Å². The predicted molar refractivity (Wildman–Crippen MR) is 207 cm³/mol. The Balaban J connectivity index is 1.04. The highest BCUT2D eigenvalue weighted by Crippen LogP contribution is 2.33. The molecule has 7 rings (SSSR count). The number of morpholine rings is 1. The van der Waals surface area contributed by atoms with Gasteiger partial charge in [0.05, 0.1) is 42.9 Å². The molecule has 6 aromatic rings. The number of anilines is 2. The van der Waals surface area contributed by atoms with E-state index in [9.17, 15) is 4.79 Å². The Kier molecular flexibility index (Phi) is 11.3. The van der Waals surface area contributed by atoms with E-state index in [0.29, 0.717) is 58.6 Å². The molecular formula is C41H44N8O5. The van der Waals surface area contributed by atoms with Gasteiger partial charge in [0.1, 0.15) is 35.5 Å². The molecule has 1 saturated heterocycles. The second-order valence-electron chi connectivity index (χ2n) is 13.4. The molecule has 4 heterocycles. The van der Waals surface area contributed by atoms with Crippen LogP contribution < -0.4 is 24.8 Å². The summed E-state index contributed by atoms with van der Waals surface area (Å²) in [4.78, 5) is 29.6. The number of nitrogens with zero attached hydrogens (tertiary/aromatic N) is 6. The Hall–Kier alpha value is -6.05. The van der Waals surface area contributed by atoms with Crippen molar-refractivity contribution in [3.63, 3.8) is 0 Å². The number of methoxy groups -OCH3 is 1. The van der Waals surface area contributed by atoms with Crippen LogP contribution in [-0.2, 0) is 11.2 Å². The standard InChI is InChI=1S/C41H44N8O5/c1-27(2)35-26-38(49(47-35)30-9-7-28(3)8-10-30)46-41(50)44-34-11-12-36(33-6-5-14-43-40(33)34)54-39-13-15-42-37(45-39)24-29-22-31(51-4)25-32(23-29)53-21-18-48-16-19-52-20-17-48/h5-15,22-23,25-27H,16-21,24H2,1-4H3,(H2,44,46,50). The van der Waals surface area contributed by atoms with E-state index < -0.39 is 6.03 Å². The number of carbonyl (C=O) groups is 1. The zero-order chi connectivity index (χ0) is 37.4. The number of aryl methyl sites for hydroxylation is 1. The van der Waals surface area contributed by atoms with Gasteiger partial charge in [-0.05, 0) is 66.9 Å². The van der Waals surface area contributed by atoms with Gasteiger partial charge in [-0.25, -0.2) is 14.5 Å². The molecule has 0 unspecified atom stereocenters. The van der Waals surface area contributed by atoms with E-state index in [1.165, 1.54) is 0 Å². The summed E-state index contributed by atoms with van der Waals surface area (Å²) < 4.78 is 25.2. The van der Waals surface area contributed by atoms with Crippen molar-refractivity contribution in [1.29, 1.82) is 0 Å². The number of carbonyl (C=O) groups excluding carboxylic acids is 1. The molecule has 278 valence electrons. The Morgan fingerprint density at radius 3 is 2.54 bits per heavy atom. The third-order valence-electron chi connectivity index (χ3n) is 9.03. The zero-order valence-corrected chi connectivity index (χ0v) is 30.9. The summed E-state index contributed by atoms with van der Waals surface area (Å²) >= 11 is 0. The van der Waals surface area contributed by atoms with Crippen LogP contribution in [0.3, 0.4) is 0 Å². The first-order valence-corrected chi connectivity index (χ1v) is 18.0. The second kappa shape index (κ2) is 16.7. The Bertz CT molecular complexity index is 2220. The maximum absolute atomic E-state index is 13.4. The van der Waals surface area contributed by atoms with Gasteiger partial charge in [-0.3, -0.25) is 15.2 Å². The van der Waals surface area contributed by atoms with Crippen LogP contribution in [0.5, 0.6) is 23.1 Å². The molecule has 1 aliphatic rings. The highest BCUT2D eigenvalue weighted by molar-refractivity contribution is 6.06. The third-order valence-corrected chi connectivity index (χ3v) is 9.03. The molecular weight excluding hydrogens is 685 g/mol. The number of benzene rings is 3. The van der Waals surface area contributed by atoms with E-state index in [-0.39, 0.29) is 5.92 Å². The lowest BCUT2D eigenvalue weighted by atomic mass is 10.1. The summed E-state index contributed by atoms with van der Waals surface area (Å²) in [6.45, 7) is 10.9. The number of aromatic nitrogens is 5. The number of nitrogens with one attached hydrogen (secondary N) is 2. The zero-order valence-electron chi connectivity index (χ0n) is 30.9. The molecule has 0 atom stereocenters. The van der Waals surface area contributed by atoms with Gasteiger partial charge in [-0.2, -0.15) is 10.1 Å². The molecule has 0 bridgehead atoms. The smallest absolute Gasteiger partial charge is 0.324 e. The van der Waals surface area contributed by atoms with Crippen LogP contribution in [0.2, 0.25) is 0 Å². The maximum atomic E-state index is 13.4. The number of pyridine rings is 1. The number of urea groups is 1. The van der Waals surface area contributed by atoms with Crippen LogP contribution in [0.25, 0.3) is 16.6 Å². The summed E-state index contributed by atoms with van der Waals surface area (Å²) in [5.74, 6) is 3.63. The van der Waals surface area contributed by atoms with Crippen molar-refractivity contribution >= 4 is 28.4 Å². The number of ether oxygens (including phenoxy) is 4. The molecule has 0 spiro atoms. The second-order valence-corrected chi connectivity index (χ2v) is 13.4. The van der Waals surface area contributed by atoms with E-state index in [1.807, 2.05) is 67.6 Å². The summed E-state index contributed by atoms with van der Waals surface area (Å²) in [5, 5.41) is 11.4. The minimum absolute atomic E-state index is 0.178. The van der Waals surface area contributed by atoms with E-state index in [0.717, 1.165) is 61.1 Å². The molecule has 13 heteroatoms. The van der Waals surface area contributed by atoms with Crippen molar-refractivity contribution in [3.8, 4) is 28.8 Å². The van der Waals surface area contributed by atoms with Crippen molar-refractivity contribution in [1.82, 2.24) is 29.6 Å². The molecule has 2 amide bonds. The normalized spacial score (nSPS) is 13.2. The van der Waals surface area contributed by atoms with Gasteiger partial charge >= 0.3 is 6.03 Å². The summed E-state index contributed by atoms with van der Waals surface area (Å²) in [6, 6.07) is 24.2. The van der Waals surface area contributed by atoms with E-state index in [4.69, 9.17) is 29.0 Å². The minimum atomic E-state index is -0.428. The largest absolute Gasteiger partial charge is 0.497 e. The number of rotatable bonds is 13. The number of fused-ring (bicyclic) bond motifs is 1. The van der Waals surface area contributed by atoms with E-state index in [2.05, 4.69) is 39.3 Å². The van der Waals surface area contributed by atoms with Crippen molar-refractivity contribution in [2.75, 3.05) is 57.2 Å². The molecule has 54 heavy (non-hydrogen) atoms. The minimum Gasteiger partial charge on any atom is -0.497 e. The molecule has 3 aromatic heterocycles. The maximum Gasteiger partial charge on any atom is 0.324 e. The van der Waals surface area contributed by atoms with Crippen LogP contribution in [0, 0.1) is 6.92 Å². The fourth-order valence-electron chi connectivity index (χ4n) is 6.13. The molecule has 0 aliphatic carbocycles. The Morgan fingerprint density at radius 1 is 0.926 bits per heavy atom. The summed E-state index contributed by atoms with van der Waals surface area (Å²) in [6.07, 6.45) is 3.79. The Labute approximate surface area is 314 Å². The van der Waals surface area contributed by atoms with Gasteiger partial charge in [-0.1, -0.05) is 31.5 Å². The number of amides is 2. The van der Waals surface area contributed by atoms with Crippen molar-refractivity contribution < 1.29 is 23.7 Å². The van der Waals surface area contributed by atoms with Gasteiger partial charge in [0, 0.05) is 62.0 Å². The van der Waals surface area contributed by atoms with Gasteiger partial charge in [0.15, 0.2) is 0 Å². The molecule has 0 radical (unpaired) electrons. The first-order valence-electron chi connectivity index (χ1n) is 18.0. The fraction of sp³-hybridized carbons (Fsp3) is 0.293. The predicted octanol–water partition coefficient (Wildman–Crippen LogP) is 7.39. The highest BCUT2D eigenvalue weighted by Gasteiger charge is 2.17. The highest BCUT2D eigenvalue weighted by atomic mass is 16.5. The van der Waals surface area contributed by atoms with Crippen LogP contribution in [0.4, 0.5) is 16.3 Å². The average molecular weight is 729 g/mol. The van der Waals surface area contributed by atoms with Crippen LogP contribution in [0.1, 0.15) is 42.4 Å². The number of hydrogen-bond acceptors (Lipinski definition) is 10. The summed E-state index contributed by atoms with van der Waals surface area (Å²) in [5.41, 5.74) is 4.87. The lowest BCUT2D eigenvalue weighted by molar-refractivity contribution is 0.0322. The first kappa shape index (κ1) is 36.3. The topological polar surface area (TPSA) is 138 Å². The van der Waals surface area contributed by atoms with Crippen LogP contribution in [0.15, 0.2) is 91.3 Å². The van der Waals surface area contributed by atoms with Crippen molar-refractivity contribution in [2.24, 2.45) is 0 Å². The van der Waals surface area contributed by atoms with Crippen molar-refractivity contribution in [2.45, 2.75) is 33.1 Å². The molecule has 2 N–H and O–H groups in total. The van der Waals surface area contributed by atoms with E-state index in [1.54, 1.807) is 42.4 Å². The SMILES string of the molecule is COc1cc(Cc2nccc(Oc3ccc(NC(=O)Nc4cc(C(C)C)nn4-c4ccc(C)cc4)c4ncccc34)n2)cc(OCCN2CCOCC2)c1. The van der Waals surface area contributed by atoms with E-state index >= 15 is 0 Å². The van der Waals surface area contributed by atoms with Crippen molar-refractivity contribution in [3.05, 3.63) is 114 Å². The Morgan fingerprint density at radius 2 is 1.74 bits per heavy atom. The lowest BCUT2D eigenvalue weighted by Gasteiger charge is -2.26. The molecule has 0 saturated carbocycles. The van der Waals surface area contributed by atoms with Gasteiger partial charge in [0.2, 0.25) is 5.88 Å². The van der Waals surface area contributed by atoms with Crippen LogP contribution in [-0.4, -0.2) is 82.2 Å². The first-order chi connectivity index (χ1) is 26.3. The molecule has 1 aliphatic heterocycles. The molecule has 1 fully saturated rings. The monoisotopic (exact) mass is 728 g/mol. The quantitative estimate of drug-likeness (QED) is 0.124. The lowest BCUT2D eigenvalue weighted by Crippen LogP contribution is -2.38. The summed E-state index contributed by atoms with van der Waals surface area (Å²) in [7, 11) is 1.64. The number of hydrogen-bond donors (Lipinski definition) is 2. The van der Waals surface area contributed by atoms with Gasteiger partial charge in [-0.15, -0.1) is 0 Å².